The summed E-state index contributed by atoms with van der Waals surface area (Å²) in [7, 11) is 3.33. The topological polar surface area (TPSA) is 60.6 Å². The molecule has 1 fully saturated rings. The first-order chi connectivity index (χ1) is 7.78. The van der Waals surface area contributed by atoms with Crippen molar-refractivity contribution in [2.75, 3.05) is 32.2 Å². The predicted octanol–water partition coefficient (Wildman–Crippen LogP) is 0.658. The van der Waals surface area contributed by atoms with Crippen molar-refractivity contribution in [2.45, 2.75) is 18.1 Å². The van der Waals surface area contributed by atoms with Crippen molar-refractivity contribution in [3.8, 4) is 0 Å². The van der Waals surface area contributed by atoms with E-state index in [0.29, 0.717) is 25.0 Å². The van der Waals surface area contributed by atoms with Crippen LogP contribution in [0.2, 0.25) is 0 Å². The van der Waals surface area contributed by atoms with Crippen molar-refractivity contribution in [1.29, 1.82) is 0 Å². The van der Waals surface area contributed by atoms with E-state index < -0.39 is 0 Å². The minimum Gasteiger partial charge on any atom is -0.407 e. The summed E-state index contributed by atoms with van der Waals surface area (Å²) in [5, 5.41) is 7.73. The largest absolute Gasteiger partial charge is 0.407 e. The van der Waals surface area contributed by atoms with Crippen molar-refractivity contribution in [1.82, 2.24) is 10.2 Å². The molecular weight excluding hydrogens is 234 g/mol. The van der Waals surface area contributed by atoms with Gasteiger partial charge in [-0.25, -0.2) is 0 Å². The zero-order valence-electron chi connectivity index (χ0n) is 9.22. The molecule has 2 rings (SSSR count). The van der Waals surface area contributed by atoms with E-state index in [1.54, 1.807) is 14.2 Å². The minimum atomic E-state index is 0.0244. The third-order valence-corrected chi connectivity index (χ3v) is 2.89. The van der Waals surface area contributed by atoms with Gasteiger partial charge in [-0.3, -0.25) is 0 Å². The van der Waals surface area contributed by atoms with Crippen LogP contribution in [0.15, 0.2) is 4.42 Å². The molecule has 0 aliphatic carbocycles. The van der Waals surface area contributed by atoms with E-state index >= 15 is 0 Å². The molecule has 2 atom stereocenters. The van der Waals surface area contributed by atoms with Gasteiger partial charge in [-0.15, -0.1) is 16.7 Å². The van der Waals surface area contributed by atoms with Crippen LogP contribution >= 0.6 is 11.6 Å². The monoisotopic (exact) mass is 247 g/mol. The molecule has 0 N–H and O–H groups in total. The maximum atomic E-state index is 5.59. The summed E-state index contributed by atoms with van der Waals surface area (Å²) in [6, 6.07) is 0.470. The SMILES string of the molecule is COC1CN(c2nnc(CCl)o2)CC1OC. The highest BCUT2D eigenvalue weighted by Gasteiger charge is 2.35. The Bertz CT molecular complexity index is 334. The lowest BCUT2D eigenvalue weighted by Crippen LogP contribution is -2.27. The van der Waals surface area contributed by atoms with E-state index in [1.807, 2.05) is 4.90 Å². The number of hydrogen-bond donors (Lipinski definition) is 0. The molecule has 1 aliphatic rings. The smallest absolute Gasteiger partial charge is 0.318 e. The molecule has 0 spiro atoms. The number of rotatable bonds is 4. The summed E-state index contributed by atoms with van der Waals surface area (Å²) in [4.78, 5) is 1.94. The van der Waals surface area contributed by atoms with Crippen LogP contribution in [0.3, 0.4) is 0 Å². The zero-order valence-corrected chi connectivity index (χ0v) is 9.98. The highest BCUT2D eigenvalue weighted by molar-refractivity contribution is 6.16. The Morgan fingerprint density at radius 2 is 1.94 bits per heavy atom. The molecule has 1 aromatic rings. The molecular formula is C9H14ClN3O3. The van der Waals surface area contributed by atoms with Crippen LogP contribution in [0.25, 0.3) is 0 Å². The first-order valence-electron chi connectivity index (χ1n) is 4.97. The summed E-state index contributed by atoms with van der Waals surface area (Å²) < 4.78 is 16.0. The second-order valence-corrected chi connectivity index (χ2v) is 3.83. The fourth-order valence-electron chi connectivity index (χ4n) is 1.78. The van der Waals surface area contributed by atoms with Gasteiger partial charge in [0.2, 0.25) is 5.89 Å². The third kappa shape index (κ3) is 2.14. The number of nitrogens with zero attached hydrogens (tertiary/aromatic N) is 3. The van der Waals surface area contributed by atoms with E-state index in [2.05, 4.69) is 10.2 Å². The number of hydrogen-bond acceptors (Lipinski definition) is 6. The van der Waals surface area contributed by atoms with Crippen LogP contribution in [0.1, 0.15) is 5.89 Å². The normalized spacial score (nSPS) is 25.3. The Balaban J connectivity index is 2.06. The lowest BCUT2D eigenvalue weighted by atomic mass is 10.3. The fourth-order valence-corrected chi connectivity index (χ4v) is 1.89. The van der Waals surface area contributed by atoms with Gasteiger partial charge in [0, 0.05) is 14.2 Å². The van der Waals surface area contributed by atoms with Gasteiger partial charge in [0.1, 0.15) is 18.1 Å². The molecule has 0 bridgehead atoms. The Morgan fingerprint density at radius 3 is 2.38 bits per heavy atom. The average molecular weight is 248 g/mol. The number of anilines is 1. The van der Waals surface area contributed by atoms with Gasteiger partial charge in [0.25, 0.3) is 0 Å². The minimum absolute atomic E-state index is 0.0244. The molecule has 2 unspecified atom stereocenters. The molecule has 1 saturated heterocycles. The molecule has 1 aliphatic heterocycles. The predicted molar refractivity (Wildman–Crippen MR) is 57.7 cm³/mol. The highest BCUT2D eigenvalue weighted by atomic mass is 35.5. The van der Waals surface area contributed by atoms with Gasteiger partial charge in [-0.1, -0.05) is 5.10 Å². The Morgan fingerprint density at radius 1 is 1.31 bits per heavy atom. The molecule has 7 heteroatoms. The molecule has 2 heterocycles. The first kappa shape index (κ1) is 11.6. The van der Waals surface area contributed by atoms with Crippen molar-refractivity contribution < 1.29 is 13.9 Å². The molecule has 6 nitrogen and oxygen atoms in total. The van der Waals surface area contributed by atoms with Gasteiger partial charge in [0.15, 0.2) is 0 Å². The Hall–Kier alpha value is -0.850. The standard InChI is InChI=1S/C9H14ClN3O3/c1-14-6-4-13(5-7(6)15-2)9-12-11-8(3-10)16-9/h6-7H,3-5H2,1-2H3. The van der Waals surface area contributed by atoms with Gasteiger partial charge in [-0.05, 0) is 0 Å². The third-order valence-electron chi connectivity index (χ3n) is 2.66. The van der Waals surface area contributed by atoms with Crippen LogP contribution < -0.4 is 4.90 Å². The number of aromatic nitrogens is 2. The van der Waals surface area contributed by atoms with Crippen molar-refractivity contribution >= 4 is 17.6 Å². The lowest BCUT2D eigenvalue weighted by molar-refractivity contribution is -0.00461. The van der Waals surface area contributed by atoms with Crippen LogP contribution in [-0.2, 0) is 15.4 Å². The summed E-state index contributed by atoms with van der Waals surface area (Å²) in [6.07, 6.45) is 0.0488. The quantitative estimate of drug-likeness (QED) is 0.729. The van der Waals surface area contributed by atoms with E-state index in [9.17, 15) is 0 Å². The van der Waals surface area contributed by atoms with Crippen molar-refractivity contribution in [3.63, 3.8) is 0 Å². The van der Waals surface area contributed by atoms with Gasteiger partial charge in [0.05, 0.1) is 13.1 Å². The molecule has 16 heavy (non-hydrogen) atoms. The van der Waals surface area contributed by atoms with Crippen LogP contribution in [0.5, 0.6) is 0 Å². The van der Waals surface area contributed by atoms with Crippen LogP contribution in [0, 0.1) is 0 Å². The van der Waals surface area contributed by atoms with Crippen LogP contribution in [-0.4, -0.2) is 49.7 Å². The van der Waals surface area contributed by atoms with E-state index in [4.69, 9.17) is 25.5 Å². The summed E-state index contributed by atoms with van der Waals surface area (Å²) in [6.45, 7) is 1.36. The van der Waals surface area contributed by atoms with E-state index in [0.717, 1.165) is 0 Å². The number of ether oxygens (including phenoxy) is 2. The number of methoxy groups -OCH3 is 2. The first-order valence-corrected chi connectivity index (χ1v) is 5.50. The summed E-state index contributed by atoms with van der Waals surface area (Å²) in [5.74, 6) is 0.647. The number of halogens is 1. The zero-order chi connectivity index (χ0) is 11.5. The van der Waals surface area contributed by atoms with Gasteiger partial charge in [-0.2, -0.15) is 0 Å². The van der Waals surface area contributed by atoms with Crippen molar-refractivity contribution in [2.24, 2.45) is 0 Å². The second-order valence-electron chi connectivity index (χ2n) is 3.57. The van der Waals surface area contributed by atoms with Crippen molar-refractivity contribution in [3.05, 3.63) is 5.89 Å². The second kappa shape index (κ2) is 4.99. The summed E-state index contributed by atoms with van der Waals surface area (Å²) >= 11 is 5.59. The maximum absolute atomic E-state index is 5.59. The molecule has 0 radical (unpaired) electrons. The molecule has 90 valence electrons. The average Bonchev–Trinajstić information content (AvgIpc) is 2.94. The van der Waals surface area contributed by atoms with Crippen LogP contribution in [0.4, 0.5) is 6.01 Å². The molecule has 0 aromatic carbocycles. The lowest BCUT2D eigenvalue weighted by Gasteiger charge is -2.13. The highest BCUT2D eigenvalue weighted by Crippen LogP contribution is 2.22. The Kier molecular flexibility index (Phi) is 3.63. The number of alkyl halides is 1. The fraction of sp³-hybridized carbons (Fsp3) is 0.778. The molecule has 0 saturated carbocycles. The molecule has 1 aromatic heterocycles. The Labute approximate surface area is 98.5 Å². The molecule has 0 amide bonds. The van der Waals surface area contributed by atoms with E-state index in [1.165, 1.54) is 0 Å². The van der Waals surface area contributed by atoms with E-state index in [-0.39, 0.29) is 18.1 Å². The summed E-state index contributed by atoms with van der Waals surface area (Å²) in [5.41, 5.74) is 0. The van der Waals surface area contributed by atoms with Gasteiger partial charge >= 0.3 is 6.01 Å². The maximum Gasteiger partial charge on any atom is 0.318 e. The van der Waals surface area contributed by atoms with Gasteiger partial charge < -0.3 is 18.8 Å².